The van der Waals surface area contributed by atoms with E-state index in [9.17, 15) is 0 Å². The molecule has 0 unspecified atom stereocenters. The van der Waals surface area contributed by atoms with Crippen LogP contribution in [0, 0.1) is 0 Å². The van der Waals surface area contributed by atoms with Crippen molar-refractivity contribution in [3.05, 3.63) is 34.7 Å². The van der Waals surface area contributed by atoms with Crippen molar-refractivity contribution in [2.24, 2.45) is 0 Å². The van der Waals surface area contributed by atoms with Crippen molar-refractivity contribution in [3.8, 4) is 0 Å². The summed E-state index contributed by atoms with van der Waals surface area (Å²) in [5, 5.41) is 9.82. The van der Waals surface area contributed by atoms with Gasteiger partial charge in [0.1, 0.15) is 0 Å². The lowest BCUT2D eigenvalue weighted by Crippen LogP contribution is -2.56. The number of aromatic nitrogens is 4. The molecule has 31 heavy (non-hydrogen) atoms. The molecule has 8 nitrogen and oxygen atoms in total. The van der Waals surface area contributed by atoms with Gasteiger partial charge in [-0.15, -0.1) is 0 Å². The Balaban J connectivity index is 1.23. The number of rotatable bonds is 5. The zero-order valence-electron chi connectivity index (χ0n) is 17.0. The van der Waals surface area contributed by atoms with E-state index >= 15 is 0 Å². The number of piperazine rings is 1. The van der Waals surface area contributed by atoms with E-state index in [4.69, 9.17) is 32.9 Å². The number of nitrogens with zero attached hydrogens (tertiary/aromatic N) is 6. The Kier molecular flexibility index (Phi) is 4.90. The van der Waals surface area contributed by atoms with Crippen molar-refractivity contribution in [1.82, 2.24) is 24.6 Å². The maximum Gasteiger partial charge on any atom is 0.227 e. The lowest BCUT2D eigenvalue weighted by Gasteiger charge is -2.43. The largest absolute Gasteiger partial charge is 0.378 e. The molecule has 0 radical (unpaired) electrons. The van der Waals surface area contributed by atoms with Crippen LogP contribution in [0.5, 0.6) is 0 Å². The molecule has 10 heteroatoms. The van der Waals surface area contributed by atoms with Crippen LogP contribution in [0.4, 0.5) is 17.3 Å². The topological polar surface area (TPSA) is 71.3 Å². The Labute approximate surface area is 190 Å². The third kappa shape index (κ3) is 3.71. The number of nitrogens with one attached hydrogen (secondary N) is 1. The standard InChI is InChI=1S/C21H23Cl2N7O/c22-16-7-13-9-24-21(27-18-10-25-30(20(18)23)14-1-2-14)26-17(13)8-19(16)29-5-3-28(4-6-29)15-11-31-12-15/h7-10,14-15H,1-6,11-12H2,(H,24,26,27). The van der Waals surface area contributed by atoms with Gasteiger partial charge in [0, 0.05) is 37.8 Å². The molecule has 0 amide bonds. The summed E-state index contributed by atoms with van der Waals surface area (Å²) in [6.45, 7) is 5.62. The molecule has 1 aromatic carbocycles. The Morgan fingerprint density at radius 2 is 1.81 bits per heavy atom. The number of ether oxygens (including phenoxy) is 1. The van der Waals surface area contributed by atoms with E-state index in [1.54, 1.807) is 12.4 Å². The fourth-order valence-electron chi connectivity index (χ4n) is 4.23. The van der Waals surface area contributed by atoms with Crippen molar-refractivity contribution >= 4 is 51.4 Å². The molecule has 1 saturated carbocycles. The second-order valence-corrected chi connectivity index (χ2v) is 9.19. The van der Waals surface area contributed by atoms with Gasteiger partial charge in [-0.3, -0.25) is 4.90 Å². The highest BCUT2D eigenvalue weighted by molar-refractivity contribution is 6.34. The zero-order valence-corrected chi connectivity index (χ0v) is 18.5. The highest BCUT2D eigenvalue weighted by atomic mass is 35.5. The van der Waals surface area contributed by atoms with E-state index in [2.05, 4.69) is 31.3 Å². The monoisotopic (exact) mass is 459 g/mol. The minimum atomic E-state index is 0.419. The molecule has 3 fully saturated rings. The van der Waals surface area contributed by atoms with Crippen LogP contribution in [0.15, 0.2) is 24.5 Å². The molecular weight excluding hydrogens is 437 g/mol. The molecule has 1 aliphatic carbocycles. The molecule has 2 aromatic heterocycles. The van der Waals surface area contributed by atoms with E-state index < -0.39 is 0 Å². The van der Waals surface area contributed by atoms with Crippen LogP contribution in [0.1, 0.15) is 18.9 Å². The van der Waals surface area contributed by atoms with Crippen LogP contribution >= 0.6 is 23.2 Å². The third-order valence-electron chi connectivity index (χ3n) is 6.31. The van der Waals surface area contributed by atoms with Gasteiger partial charge in [0.2, 0.25) is 5.95 Å². The first-order valence-corrected chi connectivity index (χ1v) is 11.4. The molecule has 6 rings (SSSR count). The normalized spacial score (nSPS) is 20.3. The fourth-order valence-corrected chi connectivity index (χ4v) is 4.80. The summed E-state index contributed by atoms with van der Waals surface area (Å²) in [6.07, 6.45) is 5.77. The Morgan fingerprint density at radius 3 is 2.52 bits per heavy atom. The van der Waals surface area contributed by atoms with Crippen LogP contribution < -0.4 is 10.2 Å². The van der Waals surface area contributed by atoms with E-state index in [1.165, 1.54) is 0 Å². The van der Waals surface area contributed by atoms with Gasteiger partial charge in [0.25, 0.3) is 0 Å². The molecule has 2 aliphatic heterocycles. The van der Waals surface area contributed by atoms with Gasteiger partial charge in [-0.25, -0.2) is 14.6 Å². The van der Waals surface area contributed by atoms with Crippen LogP contribution in [-0.4, -0.2) is 70.1 Å². The summed E-state index contributed by atoms with van der Waals surface area (Å²) in [5.74, 6) is 0.493. The highest BCUT2D eigenvalue weighted by Crippen LogP contribution is 2.39. The Morgan fingerprint density at radius 1 is 1.00 bits per heavy atom. The fraction of sp³-hybridized carbons (Fsp3) is 0.476. The average Bonchev–Trinajstić information content (AvgIpc) is 3.51. The van der Waals surface area contributed by atoms with E-state index in [-0.39, 0.29) is 0 Å². The average molecular weight is 460 g/mol. The van der Waals surface area contributed by atoms with Gasteiger partial charge in [-0.2, -0.15) is 5.10 Å². The van der Waals surface area contributed by atoms with Crippen LogP contribution in [-0.2, 0) is 4.74 Å². The van der Waals surface area contributed by atoms with Gasteiger partial charge in [0.05, 0.1) is 53.4 Å². The first-order valence-electron chi connectivity index (χ1n) is 10.7. The Bertz CT molecular complexity index is 1120. The van der Waals surface area contributed by atoms with Crippen molar-refractivity contribution < 1.29 is 4.74 Å². The molecule has 0 atom stereocenters. The first kappa shape index (κ1) is 19.5. The zero-order chi connectivity index (χ0) is 20.9. The van der Waals surface area contributed by atoms with Crippen LogP contribution in [0.25, 0.3) is 10.9 Å². The quantitative estimate of drug-likeness (QED) is 0.622. The van der Waals surface area contributed by atoms with Crippen LogP contribution in [0.3, 0.4) is 0 Å². The van der Waals surface area contributed by atoms with Crippen molar-refractivity contribution in [2.45, 2.75) is 24.9 Å². The second-order valence-electron chi connectivity index (χ2n) is 8.42. The summed E-state index contributed by atoms with van der Waals surface area (Å²) in [7, 11) is 0. The number of halogens is 2. The van der Waals surface area contributed by atoms with E-state index in [0.717, 1.165) is 79.5 Å². The predicted molar refractivity (Wildman–Crippen MR) is 122 cm³/mol. The molecule has 0 bridgehead atoms. The maximum absolute atomic E-state index is 6.63. The molecular formula is C21H23Cl2N7O. The van der Waals surface area contributed by atoms with Crippen molar-refractivity contribution in [1.29, 1.82) is 0 Å². The van der Waals surface area contributed by atoms with Crippen molar-refractivity contribution in [3.63, 3.8) is 0 Å². The van der Waals surface area contributed by atoms with Gasteiger partial charge in [0.15, 0.2) is 5.15 Å². The summed E-state index contributed by atoms with van der Waals surface area (Å²) in [4.78, 5) is 14.0. The number of anilines is 3. The molecule has 162 valence electrons. The SMILES string of the molecule is Clc1cc2cnc(Nc3cnn(C4CC4)c3Cl)nc2cc1N1CCN(C2COC2)CC1. The molecule has 4 heterocycles. The molecule has 2 saturated heterocycles. The minimum Gasteiger partial charge on any atom is -0.378 e. The predicted octanol–water partition coefficient (Wildman–Crippen LogP) is 3.73. The second kappa shape index (κ2) is 7.78. The van der Waals surface area contributed by atoms with Gasteiger partial charge < -0.3 is 15.0 Å². The van der Waals surface area contributed by atoms with Gasteiger partial charge in [-0.1, -0.05) is 23.2 Å². The third-order valence-corrected chi connectivity index (χ3v) is 6.99. The maximum atomic E-state index is 6.63. The summed E-state index contributed by atoms with van der Waals surface area (Å²) in [5.41, 5.74) is 2.58. The lowest BCUT2D eigenvalue weighted by molar-refractivity contribution is -0.0660. The molecule has 1 N–H and O–H groups in total. The lowest BCUT2D eigenvalue weighted by atomic mass is 10.1. The Hall–Kier alpha value is -2.13. The smallest absolute Gasteiger partial charge is 0.227 e. The molecule has 0 spiro atoms. The van der Waals surface area contributed by atoms with E-state index in [0.29, 0.717) is 23.2 Å². The summed E-state index contributed by atoms with van der Waals surface area (Å²) in [6, 6.07) is 5.00. The summed E-state index contributed by atoms with van der Waals surface area (Å²) < 4.78 is 7.19. The van der Waals surface area contributed by atoms with Crippen LogP contribution in [0.2, 0.25) is 10.2 Å². The summed E-state index contributed by atoms with van der Waals surface area (Å²) >= 11 is 13.1. The van der Waals surface area contributed by atoms with Gasteiger partial charge >= 0.3 is 0 Å². The molecule has 3 aliphatic rings. The number of hydrogen-bond acceptors (Lipinski definition) is 7. The number of benzene rings is 1. The molecule has 3 aromatic rings. The first-order chi connectivity index (χ1) is 15.2. The van der Waals surface area contributed by atoms with Crippen molar-refractivity contribution in [2.75, 3.05) is 49.6 Å². The van der Waals surface area contributed by atoms with E-state index in [1.807, 2.05) is 10.7 Å². The minimum absolute atomic E-state index is 0.419. The highest BCUT2D eigenvalue weighted by Gasteiger charge is 2.30. The number of fused-ring (bicyclic) bond motifs is 1. The number of hydrogen-bond donors (Lipinski definition) is 1. The van der Waals surface area contributed by atoms with Gasteiger partial charge in [-0.05, 0) is 25.0 Å².